The van der Waals surface area contributed by atoms with Gasteiger partial charge in [-0.25, -0.2) is 0 Å². The van der Waals surface area contributed by atoms with Gasteiger partial charge >= 0.3 is 0 Å². The molecule has 16 heteroatoms. The van der Waals surface area contributed by atoms with Gasteiger partial charge in [-0.2, -0.15) is 0 Å². The summed E-state index contributed by atoms with van der Waals surface area (Å²) in [6, 6.07) is 5.83. The molecule has 0 radical (unpaired) electrons. The van der Waals surface area contributed by atoms with Crippen molar-refractivity contribution in [2.24, 2.45) is 0 Å². The van der Waals surface area contributed by atoms with E-state index in [1.54, 1.807) is 0 Å². The van der Waals surface area contributed by atoms with Crippen LogP contribution in [-0.4, -0.2) is 121 Å². The molecule has 0 spiro atoms. The van der Waals surface area contributed by atoms with Gasteiger partial charge in [0.25, 0.3) is 0 Å². The lowest BCUT2D eigenvalue weighted by Gasteiger charge is -2.42. The van der Waals surface area contributed by atoms with Crippen molar-refractivity contribution in [3.63, 3.8) is 0 Å². The molecule has 0 aliphatic carbocycles. The minimum Gasteiger partial charge on any atom is -0.508 e. The second-order valence-corrected chi connectivity index (χ2v) is 10.5. The predicted molar refractivity (Wildman–Crippen MR) is 145 cm³/mol. The summed E-state index contributed by atoms with van der Waals surface area (Å²) in [6.45, 7) is 0.845. The van der Waals surface area contributed by atoms with Crippen LogP contribution in [0.3, 0.4) is 0 Å². The van der Waals surface area contributed by atoms with Crippen LogP contribution >= 0.6 is 0 Å². The van der Waals surface area contributed by atoms with Crippen LogP contribution < -0.4 is 14.9 Å². The fourth-order valence-corrected chi connectivity index (χ4v) is 4.99. The summed E-state index contributed by atoms with van der Waals surface area (Å²) >= 11 is 0. The zero-order valence-corrected chi connectivity index (χ0v) is 23.3. The second-order valence-electron chi connectivity index (χ2n) is 10.5. The Kier molecular flexibility index (Phi) is 8.90. The number of hydrogen-bond donors (Lipinski definition) is 9. The van der Waals surface area contributed by atoms with Crippen LogP contribution in [0.25, 0.3) is 22.3 Å². The molecule has 0 bridgehead atoms. The van der Waals surface area contributed by atoms with Gasteiger partial charge in [0.05, 0.1) is 19.8 Å². The Labute approximate surface area is 248 Å². The Bertz CT molecular complexity index is 1560. The van der Waals surface area contributed by atoms with Crippen LogP contribution in [-0.2, 0) is 14.2 Å². The van der Waals surface area contributed by atoms with E-state index in [2.05, 4.69) is 0 Å². The Morgan fingerprint density at radius 1 is 0.795 bits per heavy atom. The van der Waals surface area contributed by atoms with Crippen LogP contribution in [0.1, 0.15) is 6.92 Å². The summed E-state index contributed by atoms with van der Waals surface area (Å²) in [6.07, 6.45) is -16.0. The van der Waals surface area contributed by atoms with Crippen LogP contribution in [0.15, 0.2) is 39.5 Å². The molecule has 16 nitrogen and oxygen atoms in total. The van der Waals surface area contributed by atoms with E-state index in [4.69, 9.17) is 28.1 Å². The third-order valence-corrected chi connectivity index (χ3v) is 7.50. The van der Waals surface area contributed by atoms with E-state index in [0.717, 1.165) is 12.1 Å². The summed E-state index contributed by atoms with van der Waals surface area (Å²) in [7, 11) is 1.28. The number of aliphatic hydroxyl groups is 6. The maximum atomic E-state index is 13.7. The quantitative estimate of drug-likeness (QED) is 0.147. The van der Waals surface area contributed by atoms with Gasteiger partial charge in [-0.15, -0.1) is 0 Å². The number of aromatic hydroxyl groups is 3. The Morgan fingerprint density at radius 3 is 2.18 bits per heavy atom. The first kappa shape index (κ1) is 31.7. The normalized spacial score (nSPS) is 32.5. The van der Waals surface area contributed by atoms with Crippen molar-refractivity contribution >= 4 is 11.0 Å². The van der Waals surface area contributed by atoms with Gasteiger partial charge in [0.2, 0.25) is 17.5 Å². The van der Waals surface area contributed by atoms with Crippen molar-refractivity contribution < 1.29 is 74.1 Å². The third kappa shape index (κ3) is 5.74. The number of aliphatic hydroxyl groups excluding tert-OH is 6. The second kappa shape index (κ2) is 12.4. The minimum absolute atomic E-state index is 0.0151. The Morgan fingerprint density at radius 2 is 1.48 bits per heavy atom. The van der Waals surface area contributed by atoms with E-state index < -0.39 is 96.1 Å². The Hall–Kier alpha value is -3.71. The number of hydrogen-bond acceptors (Lipinski definition) is 16. The predicted octanol–water partition coefficient (Wildman–Crippen LogP) is -1.38. The van der Waals surface area contributed by atoms with E-state index in [1.165, 1.54) is 32.2 Å². The van der Waals surface area contributed by atoms with Gasteiger partial charge < -0.3 is 74.1 Å². The monoisotopic (exact) mass is 624 g/mol. The summed E-state index contributed by atoms with van der Waals surface area (Å²) in [4.78, 5) is 13.7. The minimum atomic E-state index is -1.94. The van der Waals surface area contributed by atoms with Gasteiger partial charge in [0, 0.05) is 17.7 Å². The highest BCUT2D eigenvalue weighted by Crippen LogP contribution is 2.39. The number of fused-ring (bicyclic) bond motifs is 1. The maximum absolute atomic E-state index is 13.7. The van der Waals surface area contributed by atoms with Crippen molar-refractivity contribution in [2.75, 3.05) is 13.7 Å². The molecule has 3 aromatic rings. The molecule has 44 heavy (non-hydrogen) atoms. The summed E-state index contributed by atoms with van der Waals surface area (Å²) in [5.41, 5.74) is -1.11. The molecular weight excluding hydrogens is 592 g/mol. The molecule has 2 aliphatic rings. The van der Waals surface area contributed by atoms with Gasteiger partial charge in [0.15, 0.2) is 23.5 Å². The molecule has 2 aliphatic heterocycles. The fourth-order valence-electron chi connectivity index (χ4n) is 4.99. The first-order valence-electron chi connectivity index (χ1n) is 13.4. The molecular formula is C28H32O16. The van der Waals surface area contributed by atoms with Crippen LogP contribution in [0.4, 0.5) is 0 Å². The maximum Gasteiger partial charge on any atom is 0.239 e. The van der Waals surface area contributed by atoms with E-state index in [-0.39, 0.29) is 28.4 Å². The standard InChI is InChI=1S/C28H32O16/c1-9-18(32)21(35)23(37)27(41-9)40-8-16-19(33)22(36)24(38)28(43-16)44-26-20(34)17-13(31)6-11(29)7-15(17)42-25(26)10-3-4-12(30)14(5-10)39-2/h3-7,9,16,18-19,21-24,27-33,35-38H,8H2,1-2H3/t9-,16+,18+,19-,21-,22+,23-,24-,27-,28+/m1/s1. The number of ether oxygens (including phenoxy) is 5. The largest absolute Gasteiger partial charge is 0.508 e. The van der Waals surface area contributed by atoms with Gasteiger partial charge in [-0.05, 0) is 25.1 Å². The number of methoxy groups -OCH3 is 1. The van der Waals surface area contributed by atoms with Gasteiger partial charge in [0.1, 0.15) is 65.2 Å². The van der Waals surface area contributed by atoms with Crippen molar-refractivity contribution in [1.29, 1.82) is 0 Å². The van der Waals surface area contributed by atoms with Crippen molar-refractivity contribution in [3.8, 4) is 40.1 Å². The SMILES string of the molecule is COc1cc(-c2oc3cc(O)cc(O)c3c(=O)c2O[C@@H]2O[C@@H](CO[C@@H]3O[C@H](C)[C@H](O)[C@@H](O)[C@H]3O)[C@@H](O)[C@H](O)[C@H]2O)ccc1O. The van der Waals surface area contributed by atoms with Gasteiger partial charge in [-0.3, -0.25) is 4.79 Å². The summed E-state index contributed by atoms with van der Waals surface area (Å²) in [5.74, 6) is -2.28. The molecule has 9 N–H and O–H groups in total. The van der Waals surface area contributed by atoms with E-state index in [1.807, 2.05) is 0 Å². The smallest absolute Gasteiger partial charge is 0.239 e. The average molecular weight is 625 g/mol. The number of phenolic OH excluding ortho intramolecular Hbond substituents is 3. The van der Waals surface area contributed by atoms with Crippen molar-refractivity contribution in [1.82, 2.24) is 0 Å². The first-order chi connectivity index (χ1) is 20.8. The average Bonchev–Trinajstić information content (AvgIpc) is 2.98. The highest BCUT2D eigenvalue weighted by Gasteiger charge is 2.47. The molecule has 0 amide bonds. The first-order valence-corrected chi connectivity index (χ1v) is 13.4. The van der Waals surface area contributed by atoms with E-state index in [9.17, 15) is 50.8 Å². The molecule has 2 saturated heterocycles. The summed E-state index contributed by atoms with van der Waals surface area (Å²) in [5, 5.41) is 92.1. The number of phenols is 3. The molecule has 2 aromatic carbocycles. The highest BCUT2D eigenvalue weighted by atomic mass is 16.7. The fraction of sp³-hybridized carbons (Fsp3) is 0.464. The topological polar surface area (TPSA) is 258 Å². The number of rotatable bonds is 7. The molecule has 1 aromatic heterocycles. The summed E-state index contributed by atoms with van der Waals surface area (Å²) < 4.78 is 33.2. The molecule has 10 atom stereocenters. The lowest BCUT2D eigenvalue weighted by Crippen LogP contribution is -2.61. The zero-order chi connectivity index (χ0) is 32.0. The molecule has 2 fully saturated rings. The number of benzene rings is 2. The Balaban J connectivity index is 1.49. The van der Waals surface area contributed by atoms with Crippen molar-refractivity contribution in [2.45, 2.75) is 68.3 Å². The van der Waals surface area contributed by atoms with E-state index in [0.29, 0.717) is 0 Å². The lowest BCUT2D eigenvalue weighted by atomic mass is 9.98. The van der Waals surface area contributed by atoms with E-state index >= 15 is 0 Å². The molecule has 0 unspecified atom stereocenters. The highest BCUT2D eigenvalue weighted by molar-refractivity contribution is 5.88. The zero-order valence-electron chi connectivity index (χ0n) is 23.3. The van der Waals surface area contributed by atoms with Crippen LogP contribution in [0.2, 0.25) is 0 Å². The van der Waals surface area contributed by atoms with Crippen LogP contribution in [0.5, 0.6) is 28.7 Å². The van der Waals surface area contributed by atoms with Crippen LogP contribution in [0, 0.1) is 0 Å². The van der Waals surface area contributed by atoms with Gasteiger partial charge in [-0.1, -0.05) is 0 Å². The molecule has 0 saturated carbocycles. The van der Waals surface area contributed by atoms with Crippen molar-refractivity contribution in [3.05, 3.63) is 40.6 Å². The third-order valence-electron chi connectivity index (χ3n) is 7.50. The lowest BCUT2D eigenvalue weighted by molar-refractivity contribution is -0.318. The molecule has 3 heterocycles. The molecule has 240 valence electrons. The molecule has 5 rings (SSSR count).